The molecule has 1 N–H and O–H groups in total. The van der Waals surface area contributed by atoms with Gasteiger partial charge in [-0.15, -0.1) is 0 Å². The molecule has 0 saturated carbocycles. The smallest absolute Gasteiger partial charge is 0.299 e. The van der Waals surface area contributed by atoms with Gasteiger partial charge in [-0.25, -0.2) is 0 Å². The predicted octanol–water partition coefficient (Wildman–Crippen LogP) is 4.64. The molecule has 160 valence electrons. The van der Waals surface area contributed by atoms with E-state index < -0.39 is 12.0 Å². The SMILES string of the molecule is Cc1ccc[n+]([C@H]2C(=O)N(CCc3ccccc3)C(O)=C(C#N)[C@H]2c2ccc(Cl)cc2)c1. The maximum Gasteiger partial charge on any atom is 0.299 e. The van der Waals surface area contributed by atoms with Crippen LogP contribution in [-0.4, -0.2) is 22.5 Å². The Morgan fingerprint density at radius 1 is 1.09 bits per heavy atom. The lowest BCUT2D eigenvalue weighted by molar-refractivity contribution is -0.712. The average molecular weight is 445 g/mol. The van der Waals surface area contributed by atoms with Gasteiger partial charge in [-0.3, -0.25) is 9.69 Å². The van der Waals surface area contributed by atoms with Crippen LogP contribution in [0.4, 0.5) is 0 Å². The molecule has 0 saturated heterocycles. The first kappa shape index (κ1) is 21.6. The highest BCUT2D eigenvalue weighted by atomic mass is 35.5. The van der Waals surface area contributed by atoms with Gasteiger partial charge in [0, 0.05) is 23.2 Å². The second kappa shape index (κ2) is 9.25. The molecular formula is C26H23ClN3O2+. The van der Waals surface area contributed by atoms with E-state index in [0.717, 1.165) is 16.7 Å². The topological polar surface area (TPSA) is 68.2 Å². The summed E-state index contributed by atoms with van der Waals surface area (Å²) in [5.41, 5.74) is 2.95. The summed E-state index contributed by atoms with van der Waals surface area (Å²) < 4.78 is 1.83. The molecule has 32 heavy (non-hydrogen) atoms. The Morgan fingerprint density at radius 2 is 1.81 bits per heavy atom. The summed E-state index contributed by atoms with van der Waals surface area (Å²) >= 11 is 6.07. The van der Waals surface area contributed by atoms with Gasteiger partial charge in [0.1, 0.15) is 11.6 Å². The van der Waals surface area contributed by atoms with Crippen LogP contribution in [-0.2, 0) is 11.2 Å². The molecule has 1 aliphatic rings. The number of nitrogens with zero attached hydrogens (tertiary/aromatic N) is 3. The second-order valence-corrected chi connectivity index (χ2v) is 8.31. The number of benzene rings is 2. The Balaban J connectivity index is 1.81. The van der Waals surface area contributed by atoms with Crippen LogP contribution in [0.5, 0.6) is 0 Å². The molecule has 0 radical (unpaired) electrons. The van der Waals surface area contributed by atoms with Crippen molar-refractivity contribution in [3.8, 4) is 6.07 Å². The van der Waals surface area contributed by atoms with Crippen molar-refractivity contribution in [3.63, 3.8) is 0 Å². The van der Waals surface area contributed by atoms with Crippen LogP contribution in [0.15, 0.2) is 90.6 Å². The number of aromatic nitrogens is 1. The number of aliphatic hydroxyl groups is 1. The zero-order valence-electron chi connectivity index (χ0n) is 17.6. The summed E-state index contributed by atoms with van der Waals surface area (Å²) in [5, 5.41) is 21.6. The fourth-order valence-corrected chi connectivity index (χ4v) is 4.30. The minimum Gasteiger partial charge on any atom is -0.494 e. The summed E-state index contributed by atoms with van der Waals surface area (Å²) in [5.74, 6) is -1.17. The highest BCUT2D eigenvalue weighted by molar-refractivity contribution is 6.30. The Hall–Kier alpha value is -3.62. The zero-order valence-corrected chi connectivity index (χ0v) is 18.4. The number of carbonyl (C=O) groups excluding carboxylic acids is 1. The average Bonchev–Trinajstić information content (AvgIpc) is 2.80. The number of rotatable bonds is 5. The molecule has 0 fully saturated rings. The predicted molar refractivity (Wildman–Crippen MR) is 122 cm³/mol. The number of halogens is 1. The lowest BCUT2D eigenvalue weighted by atomic mass is 9.81. The number of hydrogen-bond donors (Lipinski definition) is 1. The molecule has 1 amide bonds. The summed E-state index contributed by atoms with van der Waals surface area (Å²) in [6.07, 6.45) is 4.27. The monoisotopic (exact) mass is 444 g/mol. The Labute approximate surface area is 192 Å². The second-order valence-electron chi connectivity index (χ2n) is 7.88. The number of amides is 1. The van der Waals surface area contributed by atoms with E-state index in [1.165, 1.54) is 4.90 Å². The molecule has 1 aliphatic heterocycles. The van der Waals surface area contributed by atoms with E-state index in [9.17, 15) is 15.2 Å². The third-order valence-corrected chi connectivity index (χ3v) is 6.00. The molecule has 3 aromatic rings. The van der Waals surface area contributed by atoms with Gasteiger partial charge < -0.3 is 5.11 Å². The van der Waals surface area contributed by atoms with E-state index in [1.54, 1.807) is 24.3 Å². The third-order valence-electron chi connectivity index (χ3n) is 5.75. The van der Waals surface area contributed by atoms with E-state index in [-0.39, 0.29) is 23.9 Å². The van der Waals surface area contributed by atoms with Crippen LogP contribution in [0.1, 0.15) is 28.7 Å². The number of allylic oxidation sites excluding steroid dienone is 1. The highest BCUT2D eigenvalue weighted by Gasteiger charge is 2.49. The highest BCUT2D eigenvalue weighted by Crippen LogP contribution is 2.40. The number of carbonyl (C=O) groups is 1. The van der Waals surface area contributed by atoms with Gasteiger partial charge >= 0.3 is 0 Å². The lowest BCUT2D eigenvalue weighted by Crippen LogP contribution is -2.55. The number of nitriles is 1. The molecule has 0 spiro atoms. The van der Waals surface area contributed by atoms with Gasteiger partial charge in [0.2, 0.25) is 11.9 Å². The van der Waals surface area contributed by atoms with Crippen molar-refractivity contribution in [3.05, 3.63) is 112 Å². The molecule has 1 aromatic heterocycles. The summed E-state index contributed by atoms with van der Waals surface area (Å²) in [7, 11) is 0. The van der Waals surface area contributed by atoms with Crippen LogP contribution in [0.25, 0.3) is 0 Å². The van der Waals surface area contributed by atoms with E-state index in [2.05, 4.69) is 6.07 Å². The first-order valence-corrected chi connectivity index (χ1v) is 10.8. The minimum atomic E-state index is -0.711. The Kier molecular flexibility index (Phi) is 6.25. The van der Waals surface area contributed by atoms with Crippen molar-refractivity contribution >= 4 is 17.5 Å². The van der Waals surface area contributed by atoms with Crippen LogP contribution >= 0.6 is 11.6 Å². The van der Waals surface area contributed by atoms with Crippen molar-refractivity contribution in [1.29, 1.82) is 5.26 Å². The maximum atomic E-state index is 13.8. The standard InChI is InChI=1S/C26H22ClN3O2/c1-18-6-5-14-29(17-18)24-23(20-9-11-21(27)12-10-20)22(16-28)25(31)30(26(24)32)15-13-19-7-3-2-4-8-19/h2-12,14,17,23-24H,13,15H2,1H3/p+1/t23-,24-/m1/s1. The van der Waals surface area contributed by atoms with Crippen molar-refractivity contribution < 1.29 is 14.5 Å². The lowest BCUT2D eigenvalue weighted by Gasteiger charge is -2.34. The van der Waals surface area contributed by atoms with E-state index >= 15 is 0 Å². The molecular weight excluding hydrogens is 422 g/mol. The number of aliphatic hydroxyl groups excluding tert-OH is 1. The summed E-state index contributed by atoms with van der Waals surface area (Å²) in [6.45, 7) is 2.23. The fraction of sp³-hybridized carbons (Fsp3) is 0.192. The first-order chi connectivity index (χ1) is 15.5. The van der Waals surface area contributed by atoms with Crippen molar-refractivity contribution in [2.45, 2.75) is 25.3 Å². The fourth-order valence-electron chi connectivity index (χ4n) is 4.18. The van der Waals surface area contributed by atoms with Gasteiger partial charge in [0.25, 0.3) is 5.91 Å². The first-order valence-electron chi connectivity index (χ1n) is 10.4. The number of pyridine rings is 1. The Bertz CT molecular complexity index is 1200. The van der Waals surface area contributed by atoms with Crippen LogP contribution in [0.2, 0.25) is 5.02 Å². The third kappa shape index (κ3) is 4.23. The van der Waals surface area contributed by atoms with Gasteiger partial charge in [0.15, 0.2) is 12.4 Å². The molecule has 0 bridgehead atoms. The molecule has 2 atom stereocenters. The normalized spacial score (nSPS) is 18.5. The molecule has 0 unspecified atom stereocenters. The van der Waals surface area contributed by atoms with Crippen molar-refractivity contribution in [2.24, 2.45) is 0 Å². The molecule has 5 nitrogen and oxygen atoms in total. The summed E-state index contributed by atoms with van der Waals surface area (Å²) in [4.78, 5) is 15.1. The van der Waals surface area contributed by atoms with Gasteiger partial charge in [-0.05, 0) is 42.7 Å². The Morgan fingerprint density at radius 3 is 2.47 bits per heavy atom. The largest absolute Gasteiger partial charge is 0.494 e. The molecule has 4 rings (SSSR count). The molecule has 2 heterocycles. The molecule has 0 aliphatic carbocycles. The van der Waals surface area contributed by atoms with Crippen molar-refractivity contribution in [2.75, 3.05) is 6.54 Å². The molecule has 6 heteroatoms. The van der Waals surface area contributed by atoms with Crippen LogP contribution < -0.4 is 4.57 Å². The van der Waals surface area contributed by atoms with Crippen molar-refractivity contribution in [1.82, 2.24) is 4.90 Å². The summed E-state index contributed by atoms with van der Waals surface area (Å²) in [6, 6.07) is 22.1. The minimum absolute atomic E-state index is 0.166. The zero-order chi connectivity index (χ0) is 22.7. The molecule has 2 aromatic carbocycles. The maximum absolute atomic E-state index is 13.8. The van der Waals surface area contributed by atoms with E-state index in [1.807, 2.05) is 66.3 Å². The quantitative estimate of drug-likeness (QED) is 0.583. The van der Waals surface area contributed by atoms with Gasteiger partial charge in [-0.1, -0.05) is 54.1 Å². The van der Waals surface area contributed by atoms with Gasteiger partial charge in [0.05, 0.1) is 5.92 Å². The number of hydrogen-bond acceptors (Lipinski definition) is 3. The van der Waals surface area contributed by atoms with Gasteiger partial charge in [-0.2, -0.15) is 9.83 Å². The van der Waals surface area contributed by atoms with E-state index in [4.69, 9.17) is 11.6 Å². The number of aryl methyl sites for hydroxylation is 1. The van der Waals surface area contributed by atoms with Crippen LogP contribution in [0, 0.1) is 18.3 Å². The van der Waals surface area contributed by atoms with Crippen LogP contribution in [0.3, 0.4) is 0 Å². The van der Waals surface area contributed by atoms with E-state index in [0.29, 0.717) is 11.4 Å².